The van der Waals surface area contributed by atoms with Gasteiger partial charge in [0.25, 0.3) is 0 Å². The second-order valence-corrected chi connectivity index (χ2v) is 4.40. The van der Waals surface area contributed by atoms with Gasteiger partial charge in [0.15, 0.2) is 11.6 Å². The monoisotopic (exact) mass is 242 g/mol. The van der Waals surface area contributed by atoms with Crippen LogP contribution in [0.3, 0.4) is 0 Å². The van der Waals surface area contributed by atoms with Gasteiger partial charge in [0, 0.05) is 5.41 Å². The molecule has 0 radical (unpaired) electrons. The first-order valence-corrected chi connectivity index (χ1v) is 6.29. The fraction of sp³-hybridized carbons (Fsp3) is 0.538. The highest BCUT2D eigenvalue weighted by Gasteiger charge is 2.25. The summed E-state index contributed by atoms with van der Waals surface area (Å²) in [5, 5.41) is 0. The maximum Gasteiger partial charge on any atom is 0.165 e. The molecular weight excluding hydrogens is 223 g/mol. The van der Waals surface area contributed by atoms with Gasteiger partial charge in [-0.25, -0.2) is 4.39 Å². The van der Waals surface area contributed by atoms with Crippen molar-refractivity contribution in [1.29, 1.82) is 0 Å². The van der Waals surface area contributed by atoms with Gasteiger partial charge in [-0.2, -0.15) is 12.6 Å². The summed E-state index contributed by atoms with van der Waals surface area (Å²) in [5.41, 5.74) is 0.0470. The highest BCUT2D eigenvalue weighted by atomic mass is 32.1. The van der Waals surface area contributed by atoms with Gasteiger partial charge in [0.05, 0.1) is 6.61 Å². The second kappa shape index (κ2) is 6.14. The second-order valence-electron chi connectivity index (χ2n) is 4.08. The molecule has 0 spiro atoms. The zero-order chi connectivity index (χ0) is 12.0. The van der Waals surface area contributed by atoms with Crippen molar-refractivity contribution >= 4 is 12.6 Å². The number of para-hydroxylation sites is 1. The minimum atomic E-state index is -0.303. The summed E-state index contributed by atoms with van der Waals surface area (Å²) in [4.78, 5) is 0. The van der Waals surface area contributed by atoms with Crippen LogP contribution in [0.5, 0.6) is 5.75 Å². The van der Waals surface area contributed by atoms with Crippen molar-refractivity contribution < 1.29 is 9.13 Å². The standard InChI is InChI=1S/C13H19FOS/c1-3-13(4-2,10-16)9-15-12-8-6-5-7-11(12)14/h5-8,16H,3-4,9-10H2,1-2H3. The Labute approximate surface area is 102 Å². The summed E-state index contributed by atoms with van der Waals surface area (Å²) >= 11 is 4.36. The summed E-state index contributed by atoms with van der Waals surface area (Å²) in [6.45, 7) is 4.75. The summed E-state index contributed by atoms with van der Waals surface area (Å²) in [6.07, 6.45) is 1.98. The zero-order valence-electron chi connectivity index (χ0n) is 9.87. The number of thiol groups is 1. The third-order valence-corrected chi connectivity index (χ3v) is 3.88. The van der Waals surface area contributed by atoms with Gasteiger partial charge in [-0.1, -0.05) is 26.0 Å². The van der Waals surface area contributed by atoms with Crippen LogP contribution in [0.2, 0.25) is 0 Å². The van der Waals surface area contributed by atoms with Crippen LogP contribution in [0.25, 0.3) is 0 Å². The molecule has 0 saturated carbocycles. The number of ether oxygens (including phenoxy) is 1. The number of hydrogen-bond donors (Lipinski definition) is 1. The van der Waals surface area contributed by atoms with Crippen LogP contribution in [0.1, 0.15) is 26.7 Å². The first kappa shape index (κ1) is 13.4. The molecule has 0 fully saturated rings. The third kappa shape index (κ3) is 3.14. The zero-order valence-corrected chi connectivity index (χ0v) is 10.8. The molecule has 0 bridgehead atoms. The minimum absolute atomic E-state index is 0.0470. The molecular formula is C13H19FOS. The van der Waals surface area contributed by atoms with Gasteiger partial charge in [0.1, 0.15) is 0 Å². The minimum Gasteiger partial charge on any atom is -0.490 e. The predicted octanol–water partition coefficient (Wildman–Crippen LogP) is 3.94. The number of hydrogen-bond acceptors (Lipinski definition) is 2. The van der Waals surface area contributed by atoms with Crippen LogP contribution < -0.4 is 4.74 Å². The van der Waals surface area contributed by atoms with Crippen molar-refractivity contribution in [3.05, 3.63) is 30.1 Å². The van der Waals surface area contributed by atoms with E-state index in [-0.39, 0.29) is 11.2 Å². The van der Waals surface area contributed by atoms with Gasteiger partial charge >= 0.3 is 0 Å². The van der Waals surface area contributed by atoms with Gasteiger partial charge in [-0.15, -0.1) is 0 Å². The Morgan fingerprint density at radius 1 is 1.25 bits per heavy atom. The van der Waals surface area contributed by atoms with Gasteiger partial charge < -0.3 is 4.74 Å². The van der Waals surface area contributed by atoms with E-state index in [0.29, 0.717) is 12.4 Å². The maximum absolute atomic E-state index is 13.3. The molecule has 0 atom stereocenters. The summed E-state index contributed by atoms with van der Waals surface area (Å²) < 4.78 is 18.9. The lowest BCUT2D eigenvalue weighted by molar-refractivity contribution is 0.152. The summed E-state index contributed by atoms with van der Waals surface area (Å²) in [7, 11) is 0. The SMILES string of the molecule is CCC(CC)(CS)COc1ccccc1F. The van der Waals surface area contributed by atoms with Gasteiger partial charge in [-0.05, 0) is 30.7 Å². The fourth-order valence-corrected chi connectivity index (χ4v) is 2.05. The molecule has 0 N–H and O–H groups in total. The number of benzene rings is 1. The van der Waals surface area contributed by atoms with E-state index in [1.165, 1.54) is 6.07 Å². The Bertz CT molecular complexity index is 315. The van der Waals surface area contributed by atoms with Crippen molar-refractivity contribution in [3.63, 3.8) is 0 Å². The molecule has 0 saturated heterocycles. The fourth-order valence-electron chi connectivity index (χ4n) is 1.52. The van der Waals surface area contributed by atoms with E-state index in [2.05, 4.69) is 26.5 Å². The average Bonchev–Trinajstić information content (AvgIpc) is 2.34. The highest BCUT2D eigenvalue weighted by Crippen LogP contribution is 2.29. The first-order valence-electron chi connectivity index (χ1n) is 5.65. The van der Waals surface area contributed by atoms with Crippen LogP contribution in [0.4, 0.5) is 4.39 Å². The van der Waals surface area contributed by atoms with Crippen molar-refractivity contribution in [2.24, 2.45) is 5.41 Å². The number of rotatable bonds is 6. The molecule has 3 heteroatoms. The van der Waals surface area contributed by atoms with Gasteiger partial charge in [0.2, 0.25) is 0 Å². The highest BCUT2D eigenvalue weighted by molar-refractivity contribution is 7.80. The predicted molar refractivity (Wildman–Crippen MR) is 68.8 cm³/mol. The van der Waals surface area contributed by atoms with E-state index in [9.17, 15) is 4.39 Å². The molecule has 1 rings (SSSR count). The lowest BCUT2D eigenvalue weighted by Crippen LogP contribution is -2.29. The van der Waals surface area contributed by atoms with E-state index in [1.54, 1.807) is 18.2 Å². The lowest BCUT2D eigenvalue weighted by atomic mass is 9.85. The summed E-state index contributed by atoms with van der Waals surface area (Å²) in [6, 6.07) is 6.51. The molecule has 90 valence electrons. The Morgan fingerprint density at radius 2 is 1.88 bits per heavy atom. The molecule has 1 aromatic rings. The van der Waals surface area contributed by atoms with Crippen LogP contribution in [0.15, 0.2) is 24.3 Å². The van der Waals surface area contributed by atoms with Crippen molar-refractivity contribution in [2.45, 2.75) is 26.7 Å². The van der Waals surface area contributed by atoms with E-state index < -0.39 is 0 Å². The van der Waals surface area contributed by atoms with Crippen LogP contribution >= 0.6 is 12.6 Å². The smallest absolute Gasteiger partial charge is 0.165 e. The van der Waals surface area contributed by atoms with Crippen LogP contribution in [0, 0.1) is 11.2 Å². The Morgan fingerprint density at radius 3 is 2.38 bits per heavy atom. The molecule has 16 heavy (non-hydrogen) atoms. The van der Waals surface area contributed by atoms with E-state index in [1.807, 2.05) is 0 Å². The molecule has 0 aliphatic heterocycles. The molecule has 1 aromatic carbocycles. The number of halogens is 1. The summed E-state index contributed by atoms with van der Waals surface area (Å²) in [5.74, 6) is 0.785. The molecule has 0 aliphatic carbocycles. The van der Waals surface area contributed by atoms with Crippen LogP contribution in [-0.4, -0.2) is 12.4 Å². The molecule has 0 amide bonds. The Balaban J connectivity index is 2.66. The van der Waals surface area contributed by atoms with Gasteiger partial charge in [-0.3, -0.25) is 0 Å². The molecule has 0 aliphatic rings. The van der Waals surface area contributed by atoms with E-state index in [4.69, 9.17) is 4.74 Å². The van der Waals surface area contributed by atoms with Crippen LogP contribution in [-0.2, 0) is 0 Å². The van der Waals surface area contributed by atoms with E-state index in [0.717, 1.165) is 18.6 Å². The lowest BCUT2D eigenvalue weighted by Gasteiger charge is -2.29. The topological polar surface area (TPSA) is 9.23 Å². The Kier molecular flexibility index (Phi) is 5.13. The van der Waals surface area contributed by atoms with Crippen molar-refractivity contribution in [1.82, 2.24) is 0 Å². The van der Waals surface area contributed by atoms with Crippen molar-refractivity contribution in [2.75, 3.05) is 12.4 Å². The van der Waals surface area contributed by atoms with E-state index >= 15 is 0 Å². The average molecular weight is 242 g/mol. The quantitative estimate of drug-likeness (QED) is 0.743. The maximum atomic E-state index is 13.3. The largest absolute Gasteiger partial charge is 0.490 e. The molecule has 1 nitrogen and oxygen atoms in total. The molecule has 0 heterocycles. The van der Waals surface area contributed by atoms with Crippen molar-refractivity contribution in [3.8, 4) is 5.75 Å². The Hall–Kier alpha value is -0.700. The molecule has 0 aromatic heterocycles. The third-order valence-electron chi connectivity index (χ3n) is 3.21. The normalized spacial score (nSPS) is 11.5. The first-order chi connectivity index (χ1) is 7.67. The molecule has 0 unspecified atom stereocenters.